The van der Waals surface area contributed by atoms with Crippen molar-refractivity contribution < 1.29 is 9.59 Å². The van der Waals surface area contributed by atoms with Crippen LogP contribution in [0.4, 0.5) is 4.79 Å². The third kappa shape index (κ3) is 1.01. The lowest BCUT2D eigenvalue weighted by Crippen LogP contribution is -2.25. The van der Waals surface area contributed by atoms with Crippen LogP contribution in [0, 0.1) is 0 Å². The molecule has 1 aliphatic heterocycles. The van der Waals surface area contributed by atoms with E-state index in [1.54, 1.807) is 0 Å². The van der Waals surface area contributed by atoms with Crippen molar-refractivity contribution in [1.29, 1.82) is 0 Å². The van der Waals surface area contributed by atoms with E-state index < -0.39 is 0 Å². The molecule has 4 nitrogen and oxygen atoms in total. The minimum Gasteiger partial charge on any atom is -0.275 e. The van der Waals surface area contributed by atoms with Crippen LogP contribution >= 0.6 is 16.1 Å². The number of nitrogens with one attached hydrogen (secondary N) is 1. The van der Waals surface area contributed by atoms with Gasteiger partial charge >= 0.3 is 6.03 Å². The molecule has 0 aromatic rings. The second-order valence-corrected chi connectivity index (χ2v) is 2.79. The van der Waals surface area contributed by atoms with Crippen molar-refractivity contribution in [2.75, 3.05) is 0 Å². The molecular formula is C5H7BrN2O2. The van der Waals surface area contributed by atoms with Gasteiger partial charge in [0.15, 0.2) is 0 Å². The van der Waals surface area contributed by atoms with E-state index >= 15 is 0 Å². The molecule has 0 aromatic carbocycles. The molecule has 0 aliphatic carbocycles. The Bertz CT molecular complexity index is 182. The first kappa shape index (κ1) is 7.53. The number of urea groups is 1. The molecule has 0 saturated carbocycles. The van der Waals surface area contributed by atoms with Gasteiger partial charge in [0.2, 0.25) is 0 Å². The molecule has 0 aromatic heterocycles. The van der Waals surface area contributed by atoms with E-state index in [1.165, 1.54) is 3.93 Å². The summed E-state index contributed by atoms with van der Waals surface area (Å²) < 4.78 is 1.23. The van der Waals surface area contributed by atoms with Gasteiger partial charge in [-0.25, -0.2) is 8.72 Å². The second kappa shape index (κ2) is 2.57. The largest absolute Gasteiger partial charge is 0.334 e. The van der Waals surface area contributed by atoms with Crippen LogP contribution in [0.2, 0.25) is 0 Å². The molecule has 0 bridgehead atoms. The topological polar surface area (TPSA) is 49.4 Å². The summed E-state index contributed by atoms with van der Waals surface area (Å²) in [5.74, 6) is -0.232. The summed E-state index contributed by atoms with van der Waals surface area (Å²) in [6, 6.07) is -0.718. The first-order valence-corrected chi connectivity index (χ1v) is 3.67. The number of hydrogen-bond acceptors (Lipinski definition) is 2. The SMILES string of the molecule is CCC1C(=O)NC(=O)N1Br. The van der Waals surface area contributed by atoms with Gasteiger partial charge in [-0.1, -0.05) is 6.92 Å². The normalized spacial score (nSPS) is 25.4. The van der Waals surface area contributed by atoms with Gasteiger partial charge in [0.25, 0.3) is 5.91 Å². The Morgan fingerprint density at radius 2 is 2.30 bits per heavy atom. The lowest BCUT2D eigenvalue weighted by Gasteiger charge is -2.09. The fraction of sp³-hybridized carbons (Fsp3) is 0.600. The smallest absolute Gasteiger partial charge is 0.275 e. The van der Waals surface area contributed by atoms with Crippen molar-refractivity contribution in [2.24, 2.45) is 0 Å². The average Bonchev–Trinajstić information content (AvgIpc) is 2.09. The number of imide groups is 1. The van der Waals surface area contributed by atoms with E-state index in [1.807, 2.05) is 6.92 Å². The Balaban J connectivity index is 2.73. The Kier molecular flexibility index (Phi) is 1.94. The Morgan fingerprint density at radius 1 is 1.70 bits per heavy atom. The zero-order valence-corrected chi connectivity index (χ0v) is 7.01. The number of rotatable bonds is 1. The summed E-state index contributed by atoms with van der Waals surface area (Å²) in [5, 5.41) is 2.17. The van der Waals surface area contributed by atoms with Crippen molar-refractivity contribution >= 4 is 28.1 Å². The zero-order valence-electron chi connectivity index (χ0n) is 5.43. The first-order valence-electron chi connectivity index (χ1n) is 2.96. The summed E-state index contributed by atoms with van der Waals surface area (Å²) in [4.78, 5) is 21.5. The van der Waals surface area contributed by atoms with Crippen molar-refractivity contribution in [2.45, 2.75) is 19.4 Å². The third-order valence-corrected chi connectivity index (χ3v) is 2.20. The second-order valence-electron chi connectivity index (χ2n) is 2.03. The molecule has 3 amide bonds. The number of carbonyl (C=O) groups is 2. The highest BCUT2D eigenvalue weighted by molar-refractivity contribution is 9.07. The van der Waals surface area contributed by atoms with E-state index in [0.29, 0.717) is 6.42 Å². The predicted octanol–water partition coefficient (Wildman–Crippen LogP) is 0.627. The van der Waals surface area contributed by atoms with Gasteiger partial charge in [-0.15, -0.1) is 0 Å². The Labute approximate surface area is 66.9 Å². The molecule has 56 valence electrons. The molecule has 5 heteroatoms. The molecule has 0 spiro atoms. The van der Waals surface area contributed by atoms with Gasteiger partial charge < -0.3 is 0 Å². The summed E-state index contributed by atoms with van der Waals surface area (Å²) in [6.07, 6.45) is 0.628. The highest BCUT2D eigenvalue weighted by Gasteiger charge is 2.35. The van der Waals surface area contributed by atoms with Gasteiger partial charge in [0.05, 0.1) is 16.1 Å². The van der Waals surface area contributed by atoms with E-state index in [9.17, 15) is 9.59 Å². The Hall–Kier alpha value is -0.580. The summed E-state index contributed by atoms with van der Waals surface area (Å²) in [7, 11) is 0. The molecule has 10 heavy (non-hydrogen) atoms. The van der Waals surface area contributed by atoms with Crippen LogP contribution in [-0.2, 0) is 4.79 Å². The van der Waals surface area contributed by atoms with Crippen LogP contribution in [0.3, 0.4) is 0 Å². The van der Waals surface area contributed by atoms with E-state index in [4.69, 9.17) is 0 Å². The summed E-state index contributed by atoms with van der Waals surface area (Å²) >= 11 is 2.97. The van der Waals surface area contributed by atoms with Gasteiger partial charge in [-0.3, -0.25) is 10.1 Å². The fourth-order valence-electron chi connectivity index (χ4n) is 0.832. The van der Waals surface area contributed by atoms with E-state index in [0.717, 1.165) is 0 Å². The maximum Gasteiger partial charge on any atom is 0.334 e. The highest BCUT2D eigenvalue weighted by atomic mass is 79.9. The van der Waals surface area contributed by atoms with Crippen LogP contribution in [0.15, 0.2) is 0 Å². The van der Waals surface area contributed by atoms with Crippen molar-refractivity contribution in [3.63, 3.8) is 0 Å². The molecular weight excluding hydrogens is 200 g/mol. The predicted molar refractivity (Wildman–Crippen MR) is 38.4 cm³/mol. The van der Waals surface area contributed by atoms with E-state index in [2.05, 4.69) is 21.5 Å². The minimum absolute atomic E-state index is 0.232. The molecule has 1 aliphatic rings. The first-order chi connectivity index (χ1) is 4.66. The van der Waals surface area contributed by atoms with Gasteiger partial charge in [0, 0.05) is 0 Å². The summed E-state index contributed by atoms with van der Waals surface area (Å²) in [5.41, 5.74) is 0. The van der Waals surface area contributed by atoms with Crippen molar-refractivity contribution in [3.05, 3.63) is 0 Å². The van der Waals surface area contributed by atoms with Crippen LogP contribution in [-0.4, -0.2) is 21.9 Å². The quantitative estimate of drug-likeness (QED) is 0.506. The number of hydrogen-bond donors (Lipinski definition) is 1. The molecule has 1 N–H and O–H groups in total. The van der Waals surface area contributed by atoms with Gasteiger partial charge in [-0.05, 0) is 6.42 Å². The number of carbonyl (C=O) groups excluding carboxylic acids is 2. The van der Waals surface area contributed by atoms with Crippen LogP contribution < -0.4 is 5.32 Å². The van der Waals surface area contributed by atoms with E-state index in [-0.39, 0.29) is 18.0 Å². The molecule has 0 radical (unpaired) electrons. The third-order valence-electron chi connectivity index (χ3n) is 1.39. The van der Waals surface area contributed by atoms with Gasteiger partial charge in [0.1, 0.15) is 6.04 Å². The average molecular weight is 207 g/mol. The van der Waals surface area contributed by atoms with Gasteiger partial charge in [-0.2, -0.15) is 0 Å². The number of halogens is 1. The maximum atomic E-state index is 10.8. The highest BCUT2D eigenvalue weighted by Crippen LogP contribution is 2.15. The molecule has 1 heterocycles. The molecule has 1 atom stereocenters. The molecule has 1 rings (SSSR count). The fourth-order valence-corrected chi connectivity index (χ4v) is 1.40. The standard InChI is InChI=1S/C5H7BrN2O2/c1-2-3-4(9)7-5(10)8(3)6/h3H,2H2,1H3,(H,7,9,10). The number of amides is 3. The molecule has 1 unspecified atom stereocenters. The monoisotopic (exact) mass is 206 g/mol. The van der Waals surface area contributed by atoms with Crippen molar-refractivity contribution in [1.82, 2.24) is 9.24 Å². The Morgan fingerprint density at radius 3 is 2.50 bits per heavy atom. The lowest BCUT2D eigenvalue weighted by atomic mass is 10.2. The van der Waals surface area contributed by atoms with Crippen LogP contribution in [0.5, 0.6) is 0 Å². The summed E-state index contributed by atoms with van der Waals surface area (Å²) in [6.45, 7) is 1.84. The zero-order chi connectivity index (χ0) is 7.72. The maximum absolute atomic E-state index is 10.8. The van der Waals surface area contributed by atoms with Crippen LogP contribution in [0.1, 0.15) is 13.3 Å². The molecule has 1 saturated heterocycles. The minimum atomic E-state index is -0.378. The molecule has 1 fully saturated rings. The number of nitrogens with zero attached hydrogens (tertiary/aromatic N) is 1. The van der Waals surface area contributed by atoms with Crippen molar-refractivity contribution in [3.8, 4) is 0 Å². The van der Waals surface area contributed by atoms with Crippen LogP contribution in [0.25, 0.3) is 0 Å². The lowest BCUT2D eigenvalue weighted by molar-refractivity contribution is -0.120.